The zero-order valence-corrected chi connectivity index (χ0v) is 7.78. The predicted molar refractivity (Wildman–Crippen MR) is 56.1 cm³/mol. The Morgan fingerprint density at radius 2 is 2.21 bits per heavy atom. The van der Waals surface area contributed by atoms with Crippen molar-refractivity contribution in [3.63, 3.8) is 0 Å². The number of hydrogen-bond donors (Lipinski definition) is 4. The van der Waals surface area contributed by atoms with Crippen molar-refractivity contribution in [3.05, 3.63) is 18.2 Å². The van der Waals surface area contributed by atoms with E-state index in [-0.39, 0.29) is 0 Å². The van der Waals surface area contributed by atoms with Crippen molar-refractivity contribution >= 4 is 11.4 Å². The minimum Gasteiger partial charge on any atom is -0.397 e. The van der Waals surface area contributed by atoms with Gasteiger partial charge in [0.05, 0.1) is 11.4 Å². The number of nitrogen functional groups attached to an aromatic ring is 2. The molecule has 0 amide bonds. The van der Waals surface area contributed by atoms with Gasteiger partial charge >= 0.3 is 0 Å². The highest BCUT2D eigenvalue weighted by molar-refractivity contribution is 5.73. The van der Waals surface area contributed by atoms with Gasteiger partial charge < -0.3 is 16.9 Å². The first kappa shape index (κ1) is 8.49. The number of anilines is 2. The quantitative estimate of drug-likeness (QED) is 0.404. The third-order valence-electron chi connectivity index (χ3n) is 2.02. The smallest absolute Gasteiger partial charge is 0.179 e. The van der Waals surface area contributed by atoms with Gasteiger partial charge in [-0.3, -0.25) is 0 Å². The SMILES string of the molecule is CNc1ccc(-c2nn(N)[nH]2)cc1N. The highest BCUT2D eigenvalue weighted by Crippen LogP contribution is 2.24. The summed E-state index contributed by atoms with van der Waals surface area (Å²) in [6, 6.07) is 5.65. The second-order valence-electron chi connectivity index (χ2n) is 2.96. The molecule has 2 rings (SSSR count). The van der Waals surface area contributed by atoms with E-state index in [1.807, 2.05) is 25.2 Å². The fourth-order valence-electron chi connectivity index (χ4n) is 1.28. The van der Waals surface area contributed by atoms with Crippen molar-refractivity contribution in [2.45, 2.75) is 0 Å². The Balaban J connectivity index is 2.35. The molecule has 14 heavy (non-hydrogen) atoms. The van der Waals surface area contributed by atoms with Crippen molar-refractivity contribution in [2.24, 2.45) is 0 Å². The summed E-state index contributed by atoms with van der Waals surface area (Å²) >= 11 is 0. The molecule has 0 bridgehead atoms. The van der Waals surface area contributed by atoms with E-state index < -0.39 is 0 Å². The zero-order valence-electron chi connectivity index (χ0n) is 7.78. The number of nitrogens with zero attached hydrogens (tertiary/aromatic N) is 2. The molecule has 0 radical (unpaired) electrons. The minimum absolute atomic E-state index is 0.685. The van der Waals surface area contributed by atoms with Gasteiger partial charge in [-0.15, -0.1) is 10.0 Å². The number of hydrogen-bond acceptors (Lipinski definition) is 4. The largest absolute Gasteiger partial charge is 0.397 e. The molecule has 0 aliphatic carbocycles. The van der Waals surface area contributed by atoms with Crippen molar-refractivity contribution in [1.82, 2.24) is 15.1 Å². The number of nitrogens with one attached hydrogen (secondary N) is 2. The number of rotatable bonds is 2. The standard InChI is InChI=1S/C8H12N6/c1-11-7-3-2-5(4-6(7)9)8-12-14(10)13-8/h2-4,11H,9-10H2,1H3,(H,12,13). The number of nitrogens with two attached hydrogens (primary N) is 2. The van der Waals surface area contributed by atoms with Crippen LogP contribution < -0.4 is 16.9 Å². The third kappa shape index (κ3) is 1.26. The van der Waals surface area contributed by atoms with Crippen molar-refractivity contribution in [2.75, 3.05) is 23.9 Å². The van der Waals surface area contributed by atoms with Crippen LogP contribution in [-0.2, 0) is 0 Å². The van der Waals surface area contributed by atoms with Crippen LogP contribution >= 0.6 is 0 Å². The first-order valence-electron chi connectivity index (χ1n) is 4.18. The zero-order chi connectivity index (χ0) is 10.1. The highest BCUT2D eigenvalue weighted by Gasteiger charge is 2.06. The Bertz CT molecular complexity index is 428. The Labute approximate surface area is 80.8 Å². The van der Waals surface area contributed by atoms with Gasteiger partial charge in [0.15, 0.2) is 5.82 Å². The van der Waals surface area contributed by atoms with Crippen LogP contribution in [0.4, 0.5) is 11.4 Å². The van der Waals surface area contributed by atoms with Gasteiger partial charge in [0.25, 0.3) is 0 Å². The molecule has 6 heteroatoms. The van der Waals surface area contributed by atoms with Crippen LogP contribution in [0, 0.1) is 0 Å². The number of aromatic nitrogens is 3. The fourth-order valence-corrected chi connectivity index (χ4v) is 1.28. The van der Waals surface area contributed by atoms with Gasteiger partial charge in [-0.05, 0) is 18.2 Å². The topological polar surface area (TPSA) is 97.7 Å². The minimum atomic E-state index is 0.685. The molecule has 1 aromatic carbocycles. The number of benzene rings is 1. The molecule has 0 atom stereocenters. The van der Waals surface area contributed by atoms with Gasteiger partial charge in [-0.2, -0.15) is 0 Å². The summed E-state index contributed by atoms with van der Waals surface area (Å²) in [4.78, 5) is 1.15. The molecule has 1 heterocycles. The molecule has 0 fully saturated rings. The summed E-state index contributed by atoms with van der Waals surface area (Å²) in [5.41, 5.74) is 8.30. The van der Waals surface area contributed by atoms with Crippen LogP contribution in [0.3, 0.4) is 0 Å². The second kappa shape index (κ2) is 2.99. The highest BCUT2D eigenvalue weighted by atomic mass is 15.7. The van der Waals surface area contributed by atoms with Crippen LogP contribution in [0.5, 0.6) is 0 Å². The maximum atomic E-state index is 5.79. The predicted octanol–water partition coefficient (Wildman–Crippen LogP) is 0.216. The number of H-pyrrole nitrogens is 1. The van der Waals surface area contributed by atoms with E-state index in [1.165, 1.54) is 0 Å². The lowest BCUT2D eigenvalue weighted by molar-refractivity contribution is 0.598. The summed E-state index contributed by atoms with van der Waals surface area (Å²) in [6.07, 6.45) is 0. The lowest BCUT2D eigenvalue weighted by Crippen LogP contribution is -2.23. The van der Waals surface area contributed by atoms with Crippen LogP contribution in [-0.4, -0.2) is 22.2 Å². The molecule has 0 saturated heterocycles. The Morgan fingerprint density at radius 3 is 2.71 bits per heavy atom. The maximum Gasteiger partial charge on any atom is 0.179 e. The summed E-state index contributed by atoms with van der Waals surface area (Å²) in [7, 11) is 1.83. The molecule has 2 aromatic rings. The Hall–Kier alpha value is -2.11. The van der Waals surface area contributed by atoms with Crippen LogP contribution in [0.1, 0.15) is 0 Å². The van der Waals surface area contributed by atoms with Crippen molar-refractivity contribution in [3.8, 4) is 11.4 Å². The van der Waals surface area contributed by atoms with Gasteiger partial charge in [-0.1, -0.05) is 0 Å². The van der Waals surface area contributed by atoms with Crippen molar-refractivity contribution in [1.29, 1.82) is 0 Å². The summed E-state index contributed by atoms with van der Waals surface area (Å²) in [5, 5.41) is 9.72. The monoisotopic (exact) mass is 192 g/mol. The summed E-state index contributed by atoms with van der Waals surface area (Å²) in [5.74, 6) is 6.02. The van der Waals surface area contributed by atoms with E-state index in [0.717, 1.165) is 22.0 Å². The molecule has 6 nitrogen and oxygen atoms in total. The van der Waals surface area contributed by atoms with Crippen LogP contribution in [0.15, 0.2) is 18.2 Å². The van der Waals surface area contributed by atoms with Gasteiger partial charge in [-0.25, -0.2) is 5.10 Å². The molecule has 6 N–H and O–H groups in total. The molecular weight excluding hydrogens is 180 g/mol. The Kier molecular flexibility index (Phi) is 1.81. The van der Waals surface area contributed by atoms with E-state index in [2.05, 4.69) is 15.5 Å². The molecule has 0 spiro atoms. The van der Waals surface area contributed by atoms with E-state index >= 15 is 0 Å². The van der Waals surface area contributed by atoms with Gasteiger partial charge in [0, 0.05) is 12.6 Å². The summed E-state index contributed by atoms with van der Waals surface area (Å²) in [6.45, 7) is 0. The molecular formula is C8H12N6. The molecule has 0 saturated carbocycles. The van der Waals surface area contributed by atoms with E-state index in [4.69, 9.17) is 11.6 Å². The van der Waals surface area contributed by atoms with Crippen molar-refractivity contribution < 1.29 is 0 Å². The van der Waals surface area contributed by atoms with Crippen LogP contribution in [0.2, 0.25) is 0 Å². The van der Waals surface area contributed by atoms with Crippen LogP contribution in [0.25, 0.3) is 11.4 Å². The average Bonchev–Trinajstić information content (AvgIpc) is 2.13. The van der Waals surface area contributed by atoms with E-state index in [1.54, 1.807) is 0 Å². The maximum absolute atomic E-state index is 5.79. The average molecular weight is 192 g/mol. The molecule has 0 aliphatic heterocycles. The summed E-state index contributed by atoms with van der Waals surface area (Å²) < 4.78 is 0. The van der Waals surface area contributed by atoms with E-state index in [0.29, 0.717) is 5.69 Å². The number of aromatic amines is 1. The second-order valence-corrected chi connectivity index (χ2v) is 2.96. The first-order chi connectivity index (χ1) is 6.70. The molecule has 1 aromatic heterocycles. The molecule has 0 unspecified atom stereocenters. The first-order valence-corrected chi connectivity index (χ1v) is 4.18. The van der Waals surface area contributed by atoms with E-state index in [9.17, 15) is 0 Å². The van der Waals surface area contributed by atoms with Gasteiger partial charge in [0.2, 0.25) is 0 Å². The lowest BCUT2D eigenvalue weighted by Gasteiger charge is -2.11. The molecule has 0 aliphatic rings. The van der Waals surface area contributed by atoms with Gasteiger partial charge in [0.1, 0.15) is 0 Å². The lowest BCUT2D eigenvalue weighted by atomic mass is 10.1. The molecule has 74 valence electrons. The normalized spacial score (nSPS) is 10.4. The Morgan fingerprint density at radius 1 is 1.50 bits per heavy atom. The fraction of sp³-hybridized carbons (Fsp3) is 0.125. The third-order valence-corrected chi connectivity index (χ3v) is 2.02.